The van der Waals surface area contributed by atoms with Gasteiger partial charge in [0.2, 0.25) is 5.91 Å². The molecule has 2 aromatic carbocycles. The number of carboxylic acids is 1. The van der Waals surface area contributed by atoms with E-state index in [2.05, 4.69) is 34.9 Å². The van der Waals surface area contributed by atoms with E-state index in [4.69, 9.17) is 9.84 Å². The molecule has 3 rings (SSSR count). The smallest absolute Gasteiger partial charge is 0.407 e. The fourth-order valence-corrected chi connectivity index (χ4v) is 4.35. The van der Waals surface area contributed by atoms with Crippen LogP contribution in [0.2, 0.25) is 0 Å². The number of rotatable bonds is 12. The van der Waals surface area contributed by atoms with Crippen molar-refractivity contribution >= 4 is 18.0 Å². The maximum atomic E-state index is 12.2. The zero-order chi connectivity index (χ0) is 24.5. The molecule has 1 atom stereocenters. The third-order valence-corrected chi connectivity index (χ3v) is 6.24. The Morgan fingerprint density at radius 2 is 1.56 bits per heavy atom. The number of hydrogen-bond acceptors (Lipinski definition) is 4. The van der Waals surface area contributed by atoms with Crippen molar-refractivity contribution in [1.82, 2.24) is 10.6 Å². The van der Waals surface area contributed by atoms with E-state index < -0.39 is 12.1 Å². The van der Waals surface area contributed by atoms with E-state index in [1.807, 2.05) is 38.1 Å². The molecule has 0 heterocycles. The van der Waals surface area contributed by atoms with Crippen LogP contribution in [0.4, 0.5) is 4.79 Å². The molecule has 0 radical (unpaired) electrons. The zero-order valence-electron chi connectivity index (χ0n) is 19.9. The Hall–Kier alpha value is -3.35. The first-order valence-electron chi connectivity index (χ1n) is 12.0. The van der Waals surface area contributed by atoms with Crippen molar-refractivity contribution in [3.63, 3.8) is 0 Å². The fourth-order valence-electron chi connectivity index (χ4n) is 4.35. The standard InChI is InChI=1S/C27H34N2O5/c1-18(2)24(16-26(31)32)29-25(30)14-4-3-9-15-28-27(33)34-17-23-21-12-7-5-10-19(21)20-11-6-8-13-22(20)23/h5-8,10-13,18,23-24H,3-4,9,14-17H2,1-2H3,(H,28,33)(H,29,30)(H,31,32). The Kier molecular flexibility index (Phi) is 9.08. The summed E-state index contributed by atoms with van der Waals surface area (Å²) in [4.78, 5) is 35.2. The van der Waals surface area contributed by atoms with Gasteiger partial charge < -0.3 is 20.5 Å². The molecule has 1 aliphatic rings. The number of amides is 2. The van der Waals surface area contributed by atoms with Gasteiger partial charge >= 0.3 is 12.1 Å². The van der Waals surface area contributed by atoms with E-state index in [-0.39, 0.29) is 36.8 Å². The van der Waals surface area contributed by atoms with Gasteiger partial charge in [-0.25, -0.2) is 4.79 Å². The highest BCUT2D eigenvalue weighted by atomic mass is 16.5. The highest BCUT2D eigenvalue weighted by Crippen LogP contribution is 2.44. The van der Waals surface area contributed by atoms with E-state index >= 15 is 0 Å². The van der Waals surface area contributed by atoms with Crippen LogP contribution in [0.1, 0.15) is 63.0 Å². The van der Waals surface area contributed by atoms with Crippen molar-refractivity contribution in [3.8, 4) is 11.1 Å². The number of fused-ring (bicyclic) bond motifs is 3. The number of alkyl carbamates (subject to hydrolysis) is 1. The summed E-state index contributed by atoms with van der Waals surface area (Å²) < 4.78 is 5.52. The number of unbranched alkanes of at least 4 members (excludes halogenated alkanes) is 2. The molecule has 7 nitrogen and oxygen atoms in total. The van der Waals surface area contributed by atoms with Gasteiger partial charge in [0.15, 0.2) is 0 Å². The largest absolute Gasteiger partial charge is 0.481 e. The first kappa shape index (κ1) is 25.3. The third-order valence-electron chi connectivity index (χ3n) is 6.24. The predicted octanol–water partition coefficient (Wildman–Crippen LogP) is 4.70. The molecule has 182 valence electrons. The number of benzene rings is 2. The molecule has 0 aliphatic heterocycles. The van der Waals surface area contributed by atoms with E-state index in [9.17, 15) is 14.4 Å². The Labute approximate surface area is 200 Å². The third kappa shape index (κ3) is 6.83. The molecule has 2 amide bonds. The van der Waals surface area contributed by atoms with Gasteiger partial charge in [-0.2, -0.15) is 0 Å². The highest BCUT2D eigenvalue weighted by Gasteiger charge is 2.29. The summed E-state index contributed by atoms with van der Waals surface area (Å²) in [5.41, 5.74) is 4.74. The normalized spacial score (nSPS) is 13.1. The minimum atomic E-state index is -0.918. The second-order valence-corrected chi connectivity index (χ2v) is 9.08. The van der Waals surface area contributed by atoms with Crippen LogP contribution < -0.4 is 10.6 Å². The van der Waals surface area contributed by atoms with Gasteiger partial charge in [-0.1, -0.05) is 68.8 Å². The molecule has 0 fully saturated rings. The molecule has 0 saturated heterocycles. The van der Waals surface area contributed by atoms with Crippen molar-refractivity contribution in [3.05, 3.63) is 59.7 Å². The van der Waals surface area contributed by atoms with Crippen LogP contribution in [-0.4, -0.2) is 42.3 Å². The molecule has 0 bridgehead atoms. The molecule has 1 aliphatic carbocycles. The van der Waals surface area contributed by atoms with Crippen molar-refractivity contribution in [2.24, 2.45) is 5.92 Å². The van der Waals surface area contributed by atoms with E-state index in [0.717, 1.165) is 12.8 Å². The van der Waals surface area contributed by atoms with Gasteiger partial charge in [-0.15, -0.1) is 0 Å². The summed E-state index contributed by atoms with van der Waals surface area (Å²) in [5, 5.41) is 14.5. The van der Waals surface area contributed by atoms with Crippen molar-refractivity contribution < 1.29 is 24.2 Å². The van der Waals surface area contributed by atoms with Crippen LogP contribution in [-0.2, 0) is 14.3 Å². The summed E-state index contributed by atoms with van der Waals surface area (Å²) in [5.74, 6) is -0.961. The Bertz CT molecular complexity index is 959. The average molecular weight is 467 g/mol. The number of hydrogen-bond donors (Lipinski definition) is 3. The lowest BCUT2D eigenvalue weighted by atomic mass is 9.98. The molecule has 1 unspecified atom stereocenters. The second kappa shape index (κ2) is 12.2. The average Bonchev–Trinajstić information content (AvgIpc) is 3.13. The molecule has 34 heavy (non-hydrogen) atoms. The number of carbonyl (C=O) groups is 3. The molecular formula is C27H34N2O5. The van der Waals surface area contributed by atoms with Crippen molar-refractivity contribution in [1.29, 1.82) is 0 Å². The maximum absolute atomic E-state index is 12.2. The summed E-state index contributed by atoms with van der Waals surface area (Å²) in [6.45, 7) is 4.55. The van der Waals surface area contributed by atoms with Gasteiger partial charge in [-0.3, -0.25) is 9.59 Å². The number of carbonyl (C=O) groups excluding carboxylic acids is 2. The Balaban J connectivity index is 1.33. The SMILES string of the molecule is CC(C)C(CC(=O)O)NC(=O)CCCCCNC(=O)OCC1c2ccccc2-c2ccccc21. The molecule has 7 heteroatoms. The lowest BCUT2D eigenvalue weighted by Crippen LogP contribution is -2.40. The molecule has 2 aromatic rings. The van der Waals surface area contributed by atoms with E-state index in [1.54, 1.807) is 0 Å². The summed E-state index contributed by atoms with van der Waals surface area (Å²) >= 11 is 0. The minimum absolute atomic E-state index is 0.0347. The first-order chi connectivity index (χ1) is 16.4. The number of aliphatic carboxylic acids is 1. The quantitative estimate of drug-likeness (QED) is 0.393. The predicted molar refractivity (Wildman–Crippen MR) is 131 cm³/mol. The highest BCUT2D eigenvalue weighted by molar-refractivity contribution is 5.79. The molecule has 0 saturated carbocycles. The van der Waals surface area contributed by atoms with Crippen molar-refractivity contribution in [2.75, 3.05) is 13.2 Å². The monoisotopic (exact) mass is 466 g/mol. The van der Waals surface area contributed by atoms with Crippen LogP contribution in [0.15, 0.2) is 48.5 Å². The van der Waals surface area contributed by atoms with Crippen LogP contribution in [0.25, 0.3) is 11.1 Å². The van der Waals surface area contributed by atoms with Crippen LogP contribution in [0.3, 0.4) is 0 Å². The lowest BCUT2D eigenvalue weighted by Gasteiger charge is -2.20. The molecule has 0 aromatic heterocycles. The molecular weight excluding hydrogens is 432 g/mol. The summed E-state index contributed by atoms with van der Waals surface area (Å²) in [6, 6.07) is 16.1. The topological polar surface area (TPSA) is 105 Å². The lowest BCUT2D eigenvalue weighted by molar-refractivity contribution is -0.138. The van der Waals surface area contributed by atoms with E-state index in [1.165, 1.54) is 22.3 Å². The van der Waals surface area contributed by atoms with E-state index in [0.29, 0.717) is 19.4 Å². The summed E-state index contributed by atoms with van der Waals surface area (Å²) in [7, 11) is 0. The second-order valence-electron chi connectivity index (χ2n) is 9.08. The van der Waals surface area contributed by atoms with Gasteiger partial charge in [0.05, 0.1) is 6.42 Å². The number of carboxylic acid groups (broad SMARTS) is 1. The molecule has 3 N–H and O–H groups in total. The number of nitrogens with one attached hydrogen (secondary N) is 2. The number of ether oxygens (including phenoxy) is 1. The van der Waals surface area contributed by atoms with Crippen LogP contribution in [0, 0.1) is 5.92 Å². The van der Waals surface area contributed by atoms with Crippen LogP contribution >= 0.6 is 0 Å². The van der Waals surface area contributed by atoms with Gasteiger partial charge in [0, 0.05) is 24.9 Å². The van der Waals surface area contributed by atoms with Gasteiger partial charge in [0.1, 0.15) is 6.61 Å². The van der Waals surface area contributed by atoms with Crippen molar-refractivity contribution in [2.45, 2.75) is 57.9 Å². The van der Waals surface area contributed by atoms with Crippen LogP contribution in [0.5, 0.6) is 0 Å². The minimum Gasteiger partial charge on any atom is -0.481 e. The maximum Gasteiger partial charge on any atom is 0.407 e. The first-order valence-corrected chi connectivity index (χ1v) is 12.0. The van der Waals surface area contributed by atoms with Gasteiger partial charge in [0.25, 0.3) is 0 Å². The zero-order valence-corrected chi connectivity index (χ0v) is 19.9. The Morgan fingerprint density at radius 1 is 0.941 bits per heavy atom. The summed E-state index contributed by atoms with van der Waals surface area (Å²) in [6.07, 6.45) is 2.02. The van der Waals surface area contributed by atoms with Gasteiger partial charge in [-0.05, 0) is 41.0 Å². The Morgan fingerprint density at radius 3 is 2.15 bits per heavy atom. The molecule has 0 spiro atoms. The fraction of sp³-hybridized carbons (Fsp3) is 0.444.